The lowest BCUT2D eigenvalue weighted by molar-refractivity contribution is 0.143. The highest BCUT2D eigenvalue weighted by molar-refractivity contribution is 5.80. The van der Waals surface area contributed by atoms with Crippen molar-refractivity contribution in [2.24, 2.45) is 4.99 Å². The van der Waals surface area contributed by atoms with E-state index in [1.165, 1.54) is 12.8 Å². The first-order chi connectivity index (χ1) is 10.8. The average molecular weight is 306 g/mol. The molecule has 0 bridgehead atoms. The van der Waals surface area contributed by atoms with Crippen molar-refractivity contribution in [3.63, 3.8) is 0 Å². The number of methoxy groups -OCH3 is 1. The second kappa shape index (κ2) is 9.25. The topological polar surface area (TPSA) is 59.0 Å². The first-order valence-electron chi connectivity index (χ1n) is 7.94. The lowest BCUT2D eigenvalue weighted by Gasteiger charge is -2.20. The summed E-state index contributed by atoms with van der Waals surface area (Å²) in [7, 11) is 1.66. The van der Waals surface area contributed by atoms with Crippen LogP contribution in [-0.4, -0.2) is 55.8 Å². The molecule has 2 rings (SSSR count). The molecule has 0 radical (unpaired) electrons. The van der Waals surface area contributed by atoms with Crippen LogP contribution < -0.4 is 10.1 Å². The van der Waals surface area contributed by atoms with Crippen LogP contribution in [-0.2, 0) is 11.3 Å². The van der Waals surface area contributed by atoms with Gasteiger partial charge in [0.15, 0.2) is 5.96 Å². The van der Waals surface area contributed by atoms with Crippen LogP contribution in [0.15, 0.2) is 23.3 Å². The molecule has 1 aliphatic rings. The molecule has 6 nitrogen and oxygen atoms in total. The van der Waals surface area contributed by atoms with Gasteiger partial charge in [-0.25, -0.2) is 9.98 Å². The predicted octanol–water partition coefficient (Wildman–Crippen LogP) is 1.67. The monoisotopic (exact) mass is 306 g/mol. The van der Waals surface area contributed by atoms with Gasteiger partial charge in [-0.15, -0.1) is 0 Å². The minimum Gasteiger partial charge on any atom is -0.475 e. The molecular formula is C16H26N4O2. The maximum atomic E-state index is 5.66. The number of guanidine groups is 1. The Balaban J connectivity index is 2.02. The Bertz CT molecular complexity index is 473. The standard InChI is InChI=1S/C16H26N4O2/c1-3-17-16(20-9-4-5-10-20)19-13-14-7-6-8-18-15(14)22-12-11-21-2/h6-8H,3-5,9-13H2,1-2H3,(H,17,19). The van der Waals surface area contributed by atoms with E-state index in [9.17, 15) is 0 Å². The smallest absolute Gasteiger partial charge is 0.218 e. The molecular weight excluding hydrogens is 280 g/mol. The number of aliphatic imine (C=N–C) groups is 1. The molecule has 0 saturated carbocycles. The Morgan fingerprint density at radius 2 is 2.18 bits per heavy atom. The molecule has 1 fully saturated rings. The second-order valence-electron chi connectivity index (χ2n) is 5.17. The zero-order valence-electron chi connectivity index (χ0n) is 13.5. The van der Waals surface area contributed by atoms with Gasteiger partial charge >= 0.3 is 0 Å². The van der Waals surface area contributed by atoms with Crippen molar-refractivity contribution < 1.29 is 9.47 Å². The predicted molar refractivity (Wildman–Crippen MR) is 87.2 cm³/mol. The van der Waals surface area contributed by atoms with Crippen molar-refractivity contribution >= 4 is 5.96 Å². The first kappa shape index (κ1) is 16.5. The third-order valence-electron chi connectivity index (χ3n) is 3.52. The van der Waals surface area contributed by atoms with Crippen LogP contribution in [0.25, 0.3) is 0 Å². The van der Waals surface area contributed by atoms with Gasteiger partial charge in [-0.05, 0) is 25.8 Å². The number of aromatic nitrogens is 1. The summed E-state index contributed by atoms with van der Waals surface area (Å²) in [5, 5.41) is 3.36. The molecule has 0 amide bonds. The summed E-state index contributed by atoms with van der Waals surface area (Å²) in [5.41, 5.74) is 0.994. The minimum atomic E-state index is 0.496. The van der Waals surface area contributed by atoms with Crippen molar-refractivity contribution in [3.8, 4) is 5.88 Å². The first-order valence-corrected chi connectivity index (χ1v) is 7.94. The summed E-state index contributed by atoms with van der Waals surface area (Å²) < 4.78 is 10.7. The largest absolute Gasteiger partial charge is 0.475 e. The number of ether oxygens (including phenoxy) is 2. The zero-order valence-corrected chi connectivity index (χ0v) is 13.5. The Kier molecular flexibility index (Phi) is 6.96. The van der Waals surface area contributed by atoms with Crippen LogP contribution >= 0.6 is 0 Å². The number of nitrogens with one attached hydrogen (secondary N) is 1. The van der Waals surface area contributed by atoms with Gasteiger partial charge in [0.2, 0.25) is 5.88 Å². The molecule has 1 aromatic heterocycles. The molecule has 1 saturated heterocycles. The maximum absolute atomic E-state index is 5.66. The van der Waals surface area contributed by atoms with Gasteiger partial charge in [0.25, 0.3) is 0 Å². The van der Waals surface area contributed by atoms with Crippen LogP contribution in [0.4, 0.5) is 0 Å². The van der Waals surface area contributed by atoms with E-state index in [-0.39, 0.29) is 0 Å². The lowest BCUT2D eigenvalue weighted by Crippen LogP contribution is -2.39. The molecule has 0 aromatic carbocycles. The fourth-order valence-electron chi connectivity index (χ4n) is 2.41. The highest BCUT2D eigenvalue weighted by Gasteiger charge is 2.15. The van der Waals surface area contributed by atoms with E-state index < -0.39 is 0 Å². The van der Waals surface area contributed by atoms with Crippen LogP contribution in [0, 0.1) is 0 Å². The Morgan fingerprint density at radius 3 is 2.91 bits per heavy atom. The van der Waals surface area contributed by atoms with Gasteiger partial charge in [0.1, 0.15) is 6.61 Å². The van der Waals surface area contributed by atoms with E-state index in [0.717, 1.165) is 31.2 Å². The van der Waals surface area contributed by atoms with E-state index >= 15 is 0 Å². The normalized spacial score (nSPS) is 15.2. The molecule has 2 heterocycles. The van der Waals surface area contributed by atoms with Crippen LogP contribution in [0.3, 0.4) is 0 Å². The van der Waals surface area contributed by atoms with Gasteiger partial charge in [-0.2, -0.15) is 0 Å². The van der Waals surface area contributed by atoms with Crippen molar-refractivity contribution in [2.75, 3.05) is 40.0 Å². The molecule has 6 heteroatoms. The quantitative estimate of drug-likeness (QED) is 0.472. The Morgan fingerprint density at radius 1 is 1.36 bits per heavy atom. The second-order valence-corrected chi connectivity index (χ2v) is 5.17. The van der Waals surface area contributed by atoms with Crippen molar-refractivity contribution in [2.45, 2.75) is 26.3 Å². The molecule has 1 N–H and O–H groups in total. The van der Waals surface area contributed by atoms with E-state index in [1.54, 1.807) is 13.3 Å². The van der Waals surface area contributed by atoms with Gasteiger partial charge < -0.3 is 19.7 Å². The molecule has 0 spiro atoms. The van der Waals surface area contributed by atoms with Gasteiger partial charge in [0, 0.05) is 38.5 Å². The van der Waals surface area contributed by atoms with Crippen molar-refractivity contribution in [1.82, 2.24) is 15.2 Å². The lowest BCUT2D eigenvalue weighted by atomic mass is 10.3. The third kappa shape index (κ3) is 4.87. The number of nitrogens with zero attached hydrogens (tertiary/aromatic N) is 3. The number of likely N-dealkylation sites (tertiary alicyclic amines) is 1. The maximum Gasteiger partial charge on any atom is 0.218 e. The van der Waals surface area contributed by atoms with Crippen LogP contribution in [0.5, 0.6) is 5.88 Å². The van der Waals surface area contributed by atoms with E-state index in [2.05, 4.69) is 22.1 Å². The summed E-state index contributed by atoms with van der Waals surface area (Å²) in [6, 6.07) is 3.92. The average Bonchev–Trinajstić information content (AvgIpc) is 3.07. The molecule has 122 valence electrons. The van der Waals surface area contributed by atoms with Crippen LogP contribution in [0.1, 0.15) is 25.3 Å². The molecule has 22 heavy (non-hydrogen) atoms. The van der Waals surface area contributed by atoms with E-state index in [0.29, 0.717) is 25.6 Å². The fourth-order valence-corrected chi connectivity index (χ4v) is 2.41. The molecule has 1 aliphatic heterocycles. The third-order valence-corrected chi connectivity index (χ3v) is 3.52. The Hall–Kier alpha value is -1.82. The summed E-state index contributed by atoms with van der Waals surface area (Å²) in [6.07, 6.45) is 4.21. The number of hydrogen-bond acceptors (Lipinski definition) is 4. The molecule has 1 aromatic rings. The number of hydrogen-bond donors (Lipinski definition) is 1. The van der Waals surface area contributed by atoms with E-state index in [1.807, 2.05) is 12.1 Å². The minimum absolute atomic E-state index is 0.496. The highest BCUT2D eigenvalue weighted by atomic mass is 16.5. The van der Waals surface area contributed by atoms with Crippen molar-refractivity contribution in [3.05, 3.63) is 23.9 Å². The fraction of sp³-hybridized carbons (Fsp3) is 0.625. The van der Waals surface area contributed by atoms with Crippen LogP contribution in [0.2, 0.25) is 0 Å². The highest BCUT2D eigenvalue weighted by Crippen LogP contribution is 2.16. The molecule has 0 aliphatic carbocycles. The molecule has 0 atom stereocenters. The number of pyridine rings is 1. The summed E-state index contributed by atoms with van der Waals surface area (Å²) >= 11 is 0. The van der Waals surface area contributed by atoms with Gasteiger partial charge in [0.05, 0.1) is 13.2 Å². The summed E-state index contributed by atoms with van der Waals surface area (Å²) in [6.45, 7) is 6.74. The Labute approximate surface area is 132 Å². The van der Waals surface area contributed by atoms with Gasteiger partial charge in [-0.1, -0.05) is 6.07 Å². The number of rotatable bonds is 7. The van der Waals surface area contributed by atoms with Gasteiger partial charge in [-0.3, -0.25) is 0 Å². The van der Waals surface area contributed by atoms with E-state index in [4.69, 9.17) is 14.5 Å². The SMILES string of the molecule is CCNC(=NCc1cccnc1OCCOC)N1CCCC1. The summed E-state index contributed by atoms with van der Waals surface area (Å²) in [4.78, 5) is 11.3. The van der Waals surface area contributed by atoms with Crippen molar-refractivity contribution in [1.29, 1.82) is 0 Å². The summed E-state index contributed by atoms with van der Waals surface area (Å²) in [5.74, 6) is 1.62. The molecule has 0 unspecified atom stereocenters. The zero-order chi connectivity index (χ0) is 15.6.